The molecule has 0 saturated carbocycles. The van der Waals surface area contributed by atoms with Crippen molar-refractivity contribution < 1.29 is 14.3 Å². The highest BCUT2D eigenvalue weighted by atomic mass is 35.5. The molecule has 0 atom stereocenters. The van der Waals surface area contributed by atoms with Crippen molar-refractivity contribution in [3.05, 3.63) is 64.7 Å². The Morgan fingerprint density at radius 2 is 1.50 bits per heavy atom. The van der Waals surface area contributed by atoms with Crippen LogP contribution < -0.4 is 4.74 Å². The first kappa shape index (κ1) is 18.3. The highest BCUT2D eigenvalue weighted by Crippen LogP contribution is 2.25. The van der Waals surface area contributed by atoms with Crippen molar-refractivity contribution in [3.8, 4) is 5.75 Å². The van der Waals surface area contributed by atoms with Crippen LogP contribution in [0.5, 0.6) is 5.75 Å². The molecule has 1 aliphatic heterocycles. The molecule has 2 aromatic rings. The zero-order chi connectivity index (χ0) is 18.5. The third kappa shape index (κ3) is 3.99. The molecule has 1 aliphatic rings. The van der Waals surface area contributed by atoms with Crippen molar-refractivity contribution in [2.45, 2.75) is 6.42 Å². The summed E-state index contributed by atoms with van der Waals surface area (Å²) in [7, 11) is 1.54. The Balaban J connectivity index is 1.67. The van der Waals surface area contributed by atoms with Crippen LogP contribution in [0.15, 0.2) is 48.5 Å². The zero-order valence-corrected chi connectivity index (χ0v) is 15.4. The van der Waals surface area contributed by atoms with Gasteiger partial charge in [0.05, 0.1) is 12.1 Å². The van der Waals surface area contributed by atoms with Crippen molar-refractivity contribution in [2.75, 3.05) is 33.3 Å². The van der Waals surface area contributed by atoms with Crippen LogP contribution in [-0.2, 0) is 0 Å². The van der Waals surface area contributed by atoms with E-state index in [0.29, 0.717) is 48.1 Å². The summed E-state index contributed by atoms with van der Waals surface area (Å²) in [4.78, 5) is 29.0. The van der Waals surface area contributed by atoms with E-state index in [1.807, 2.05) is 35.2 Å². The molecule has 0 N–H and O–H groups in total. The maximum atomic E-state index is 12.8. The SMILES string of the molecule is COc1ccc(C(=O)N2CCCN(C(=O)c3ccccc3)CC2)cc1Cl. The van der Waals surface area contributed by atoms with E-state index in [-0.39, 0.29) is 11.8 Å². The van der Waals surface area contributed by atoms with Crippen LogP contribution in [0.4, 0.5) is 0 Å². The van der Waals surface area contributed by atoms with E-state index in [0.717, 1.165) is 6.42 Å². The summed E-state index contributed by atoms with van der Waals surface area (Å²) in [6.45, 7) is 2.27. The number of ether oxygens (including phenoxy) is 1. The Kier molecular flexibility index (Phi) is 5.78. The molecule has 136 valence electrons. The fourth-order valence-corrected chi connectivity index (χ4v) is 3.33. The molecular formula is C20H21ClN2O3. The van der Waals surface area contributed by atoms with Gasteiger partial charge in [0.15, 0.2) is 0 Å². The number of rotatable bonds is 3. The average molecular weight is 373 g/mol. The molecule has 0 unspecified atom stereocenters. The first-order chi connectivity index (χ1) is 12.6. The lowest BCUT2D eigenvalue weighted by Crippen LogP contribution is -2.37. The minimum absolute atomic E-state index is 0.00684. The Hall–Kier alpha value is -2.53. The molecule has 0 aliphatic carbocycles. The molecule has 2 amide bonds. The summed E-state index contributed by atoms with van der Waals surface area (Å²) in [5, 5.41) is 0.411. The number of nitrogens with zero attached hydrogens (tertiary/aromatic N) is 2. The molecule has 0 spiro atoms. The second-order valence-electron chi connectivity index (χ2n) is 6.15. The summed E-state index contributed by atoms with van der Waals surface area (Å²) < 4.78 is 5.13. The van der Waals surface area contributed by atoms with Crippen LogP contribution in [0.1, 0.15) is 27.1 Å². The zero-order valence-electron chi connectivity index (χ0n) is 14.7. The molecule has 5 nitrogen and oxygen atoms in total. The van der Waals surface area contributed by atoms with Crippen LogP contribution in [0, 0.1) is 0 Å². The first-order valence-electron chi connectivity index (χ1n) is 8.57. The number of methoxy groups -OCH3 is 1. The normalized spacial score (nSPS) is 14.7. The molecule has 2 aromatic carbocycles. The largest absolute Gasteiger partial charge is 0.495 e. The van der Waals surface area contributed by atoms with E-state index in [4.69, 9.17) is 16.3 Å². The highest BCUT2D eigenvalue weighted by molar-refractivity contribution is 6.32. The monoisotopic (exact) mass is 372 g/mol. The van der Waals surface area contributed by atoms with Crippen LogP contribution in [0.3, 0.4) is 0 Å². The maximum absolute atomic E-state index is 12.8. The van der Waals surface area contributed by atoms with E-state index in [1.165, 1.54) is 7.11 Å². The van der Waals surface area contributed by atoms with Crippen molar-refractivity contribution in [3.63, 3.8) is 0 Å². The molecule has 3 rings (SSSR count). The second-order valence-corrected chi connectivity index (χ2v) is 6.56. The van der Waals surface area contributed by atoms with Gasteiger partial charge in [0.2, 0.25) is 0 Å². The maximum Gasteiger partial charge on any atom is 0.253 e. The minimum atomic E-state index is -0.0800. The fraction of sp³-hybridized carbons (Fsp3) is 0.300. The van der Waals surface area contributed by atoms with Gasteiger partial charge >= 0.3 is 0 Å². The highest BCUT2D eigenvalue weighted by Gasteiger charge is 2.23. The van der Waals surface area contributed by atoms with Gasteiger partial charge in [-0.15, -0.1) is 0 Å². The first-order valence-corrected chi connectivity index (χ1v) is 8.95. The van der Waals surface area contributed by atoms with Crippen LogP contribution >= 0.6 is 11.6 Å². The second kappa shape index (κ2) is 8.23. The van der Waals surface area contributed by atoms with Gasteiger partial charge in [0, 0.05) is 37.3 Å². The lowest BCUT2D eigenvalue weighted by Gasteiger charge is -2.22. The summed E-state index contributed by atoms with van der Waals surface area (Å²) in [6.07, 6.45) is 0.744. The fourth-order valence-electron chi connectivity index (χ4n) is 3.07. The third-order valence-corrected chi connectivity index (χ3v) is 4.79. The molecule has 1 heterocycles. The lowest BCUT2D eigenvalue weighted by molar-refractivity contribution is 0.0718. The third-order valence-electron chi connectivity index (χ3n) is 4.49. The van der Waals surface area contributed by atoms with E-state index < -0.39 is 0 Å². The smallest absolute Gasteiger partial charge is 0.253 e. The number of hydrogen-bond donors (Lipinski definition) is 0. The standard InChI is InChI=1S/C20H21ClN2O3/c1-26-18-9-8-16(14-17(18)21)20(25)23-11-5-10-22(12-13-23)19(24)15-6-3-2-4-7-15/h2-4,6-9,14H,5,10-13H2,1H3. The van der Waals surface area contributed by atoms with Gasteiger partial charge in [-0.3, -0.25) is 9.59 Å². The number of halogens is 1. The quantitative estimate of drug-likeness (QED) is 0.830. The average Bonchev–Trinajstić information content (AvgIpc) is 2.93. The van der Waals surface area contributed by atoms with Gasteiger partial charge in [0.25, 0.3) is 11.8 Å². The van der Waals surface area contributed by atoms with Crippen molar-refractivity contribution in [1.29, 1.82) is 0 Å². The molecule has 6 heteroatoms. The molecule has 1 fully saturated rings. The van der Waals surface area contributed by atoms with E-state index >= 15 is 0 Å². The number of carbonyl (C=O) groups is 2. The summed E-state index contributed by atoms with van der Waals surface area (Å²) >= 11 is 6.13. The van der Waals surface area contributed by atoms with Crippen molar-refractivity contribution in [2.24, 2.45) is 0 Å². The Morgan fingerprint density at radius 1 is 0.885 bits per heavy atom. The van der Waals surface area contributed by atoms with Crippen LogP contribution in [-0.4, -0.2) is 54.9 Å². The van der Waals surface area contributed by atoms with E-state index in [1.54, 1.807) is 23.1 Å². The summed E-state index contributed by atoms with van der Waals surface area (Å²) in [5.74, 6) is 0.467. The molecule has 0 aromatic heterocycles. The van der Waals surface area contributed by atoms with Crippen LogP contribution in [0.2, 0.25) is 5.02 Å². The van der Waals surface area contributed by atoms with Gasteiger partial charge in [0.1, 0.15) is 5.75 Å². The van der Waals surface area contributed by atoms with Gasteiger partial charge in [-0.2, -0.15) is 0 Å². The molecule has 0 bridgehead atoms. The number of benzene rings is 2. The number of carbonyl (C=O) groups excluding carboxylic acids is 2. The number of hydrogen-bond acceptors (Lipinski definition) is 3. The minimum Gasteiger partial charge on any atom is -0.495 e. The van der Waals surface area contributed by atoms with E-state index in [9.17, 15) is 9.59 Å². The summed E-state index contributed by atoms with van der Waals surface area (Å²) in [6, 6.07) is 14.3. The Morgan fingerprint density at radius 3 is 2.08 bits per heavy atom. The molecular weight excluding hydrogens is 352 g/mol. The molecule has 1 saturated heterocycles. The molecule has 26 heavy (non-hydrogen) atoms. The number of amides is 2. The summed E-state index contributed by atoms with van der Waals surface area (Å²) in [5.41, 5.74) is 1.20. The van der Waals surface area contributed by atoms with Gasteiger partial charge in [-0.25, -0.2) is 0 Å². The molecule has 0 radical (unpaired) electrons. The van der Waals surface area contributed by atoms with E-state index in [2.05, 4.69) is 0 Å². The predicted octanol–water partition coefficient (Wildman–Crippen LogP) is 3.34. The topological polar surface area (TPSA) is 49.9 Å². The Bertz CT molecular complexity index is 795. The van der Waals surface area contributed by atoms with Crippen LogP contribution in [0.25, 0.3) is 0 Å². The Labute approximate surface area is 158 Å². The lowest BCUT2D eigenvalue weighted by atomic mass is 10.2. The van der Waals surface area contributed by atoms with Crippen molar-refractivity contribution in [1.82, 2.24) is 9.80 Å². The van der Waals surface area contributed by atoms with Crippen molar-refractivity contribution >= 4 is 23.4 Å². The predicted molar refractivity (Wildman–Crippen MR) is 101 cm³/mol. The van der Waals surface area contributed by atoms with Gasteiger partial charge in [-0.05, 0) is 36.8 Å². The van der Waals surface area contributed by atoms with Gasteiger partial charge in [-0.1, -0.05) is 29.8 Å². The van der Waals surface area contributed by atoms with Gasteiger partial charge < -0.3 is 14.5 Å².